The molecule has 0 spiro atoms. The molecule has 3 N–H and O–H groups in total. The fourth-order valence-corrected chi connectivity index (χ4v) is 3.76. The Bertz CT molecular complexity index is 458. The zero-order chi connectivity index (χ0) is 14.0. The Morgan fingerprint density at radius 1 is 1.25 bits per heavy atom. The molecule has 0 aliphatic heterocycles. The van der Waals surface area contributed by atoms with Crippen molar-refractivity contribution in [3.8, 4) is 5.75 Å². The summed E-state index contributed by atoms with van der Waals surface area (Å²) in [6.45, 7) is 0.703. The van der Waals surface area contributed by atoms with Gasteiger partial charge in [0.05, 0.1) is 12.8 Å². The smallest absolute Gasteiger partial charge is 0.141 e. The van der Waals surface area contributed by atoms with Crippen molar-refractivity contribution < 1.29 is 4.74 Å². The zero-order valence-corrected chi connectivity index (χ0v) is 12.4. The lowest BCUT2D eigenvalue weighted by atomic mass is 9.73. The highest BCUT2D eigenvalue weighted by atomic mass is 16.5. The topological polar surface area (TPSA) is 47.3 Å². The van der Waals surface area contributed by atoms with Crippen molar-refractivity contribution in [2.75, 3.05) is 19.0 Å². The van der Waals surface area contributed by atoms with E-state index in [1.165, 1.54) is 38.5 Å². The van der Waals surface area contributed by atoms with E-state index in [1.807, 2.05) is 12.1 Å². The third kappa shape index (κ3) is 2.78. The SMILES string of the molecule is COc1ccccc1NC1(CN)CCCC(C2CC2)C1. The molecule has 2 aliphatic rings. The third-order valence-electron chi connectivity index (χ3n) is 5.07. The Hall–Kier alpha value is -1.22. The number of rotatable bonds is 5. The number of methoxy groups -OCH3 is 1. The van der Waals surface area contributed by atoms with Gasteiger partial charge >= 0.3 is 0 Å². The van der Waals surface area contributed by atoms with Crippen LogP contribution in [0.4, 0.5) is 5.69 Å². The highest BCUT2D eigenvalue weighted by Crippen LogP contribution is 2.47. The molecule has 0 aromatic heterocycles. The van der Waals surface area contributed by atoms with Gasteiger partial charge in [0.2, 0.25) is 0 Å². The minimum atomic E-state index is 0.0557. The molecule has 3 rings (SSSR count). The van der Waals surface area contributed by atoms with Gasteiger partial charge in [-0.2, -0.15) is 0 Å². The predicted octanol–water partition coefficient (Wildman–Crippen LogP) is 3.40. The summed E-state index contributed by atoms with van der Waals surface area (Å²) in [7, 11) is 1.73. The number of hydrogen-bond acceptors (Lipinski definition) is 3. The lowest BCUT2D eigenvalue weighted by molar-refractivity contribution is 0.228. The van der Waals surface area contributed by atoms with E-state index < -0.39 is 0 Å². The molecule has 2 fully saturated rings. The summed E-state index contributed by atoms with van der Waals surface area (Å²) in [5.41, 5.74) is 7.29. The third-order valence-corrected chi connectivity index (χ3v) is 5.07. The van der Waals surface area contributed by atoms with Gasteiger partial charge in [0.15, 0.2) is 0 Å². The van der Waals surface area contributed by atoms with E-state index in [0.29, 0.717) is 6.54 Å². The molecule has 3 heteroatoms. The van der Waals surface area contributed by atoms with E-state index in [0.717, 1.165) is 23.3 Å². The minimum Gasteiger partial charge on any atom is -0.495 e. The van der Waals surface area contributed by atoms with Crippen LogP contribution < -0.4 is 15.8 Å². The second-order valence-electron chi connectivity index (χ2n) is 6.50. The normalized spacial score (nSPS) is 30.0. The molecule has 20 heavy (non-hydrogen) atoms. The Kier molecular flexibility index (Phi) is 3.88. The lowest BCUT2D eigenvalue weighted by Gasteiger charge is -2.42. The fourth-order valence-electron chi connectivity index (χ4n) is 3.76. The molecule has 110 valence electrons. The second-order valence-corrected chi connectivity index (χ2v) is 6.50. The monoisotopic (exact) mass is 274 g/mol. The van der Waals surface area contributed by atoms with E-state index in [9.17, 15) is 0 Å². The summed E-state index contributed by atoms with van der Waals surface area (Å²) in [4.78, 5) is 0. The van der Waals surface area contributed by atoms with Gasteiger partial charge in [-0.15, -0.1) is 0 Å². The molecular formula is C17H26N2O. The second kappa shape index (κ2) is 5.65. The molecule has 0 amide bonds. The summed E-state index contributed by atoms with van der Waals surface area (Å²) >= 11 is 0. The first-order valence-corrected chi connectivity index (χ1v) is 7.87. The number of nitrogens with two attached hydrogens (primary N) is 1. The fraction of sp³-hybridized carbons (Fsp3) is 0.647. The Morgan fingerprint density at radius 2 is 2.05 bits per heavy atom. The van der Waals surface area contributed by atoms with Crippen molar-refractivity contribution >= 4 is 5.69 Å². The summed E-state index contributed by atoms with van der Waals surface area (Å²) in [6.07, 6.45) is 7.93. The largest absolute Gasteiger partial charge is 0.495 e. The molecule has 2 aliphatic carbocycles. The van der Waals surface area contributed by atoms with Gasteiger partial charge < -0.3 is 15.8 Å². The van der Waals surface area contributed by atoms with Crippen molar-refractivity contribution in [3.63, 3.8) is 0 Å². The number of anilines is 1. The van der Waals surface area contributed by atoms with Crippen LogP contribution in [0.1, 0.15) is 38.5 Å². The molecule has 0 bridgehead atoms. The van der Waals surface area contributed by atoms with E-state index >= 15 is 0 Å². The van der Waals surface area contributed by atoms with Crippen molar-refractivity contribution in [1.29, 1.82) is 0 Å². The summed E-state index contributed by atoms with van der Waals surface area (Å²) in [6, 6.07) is 8.16. The van der Waals surface area contributed by atoms with Crippen LogP contribution >= 0.6 is 0 Å². The molecule has 2 unspecified atom stereocenters. The van der Waals surface area contributed by atoms with Crippen LogP contribution in [0, 0.1) is 11.8 Å². The molecule has 2 atom stereocenters. The van der Waals surface area contributed by atoms with Crippen molar-refractivity contribution in [2.45, 2.75) is 44.1 Å². The maximum absolute atomic E-state index is 6.16. The van der Waals surface area contributed by atoms with Crippen LogP contribution in [0.3, 0.4) is 0 Å². The zero-order valence-electron chi connectivity index (χ0n) is 12.4. The van der Waals surface area contributed by atoms with E-state index in [1.54, 1.807) is 7.11 Å². The van der Waals surface area contributed by atoms with Crippen LogP contribution in [0.25, 0.3) is 0 Å². The lowest BCUT2D eigenvalue weighted by Crippen LogP contribution is -2.49. The molecular weight excluding hydrogens is 248 g/mol. The standard InChI is InChI=1S/C17H26N2O/c1-20-16-7-3-2-6-15(16)19-17(12-18)10-4-5-14(11-17)13-8-9-13/h2-3,6-7,13-14,19H,4-5,8-12,18H2,1H3. The molecule has 0 radical (unpaired) electrons. The molecule has 1 aromatic carbocycles. The number of para-hydroxylation sites is 2. The average Bonchev–Trinajstić information content (AvgIpc) is 3.33. The summed E-state index contributed by atoms with van der Waals surface area (Å²) < 4.78 is 5.46. The van der Waals surface area contributed by atoms with E-state index in [-0.39, 0.29) is 5.54 Å². The molecule has 1 aromatic rings. The first-order chi connectivity index (χ1) is 9.76. The van der Waals surface area contributed by atoms with Crippen LogP contribution in [-0.4, -0.2) is 19.2 Å². The van der Waals surface area contributed by atoms with Crippen molar-refractivity contribution in [3.05, 3.63) is 24.3 Å². The van der Waals surface area contributed by atoms with Crippen LogP contribution in [-0.2, 0) is 0 Å². The number of nitrogens with one attached hydrogen (secondary N) is 1. The molecule has 0 heterocycles. The number of benzene rings is 1. The van der Waals surface area contributed by atoms with E-state index in [4.69, 9.17) is 10.5 Å². The number of ether oxygens (including phenoxy) is 1. The average molecular weight is 274 g/mol. The predicted molar refractivity (Wildman–Crippen MR) is 83.1 cm³/mol. The van der Waals surface area contributed by atoms with Gasteiger partial charge in [-0.05, 0) is 49.7 Å². The van der Waals surface area contributed by atoms with Gasteiger partial charge in [-0.3, -0.25) is 0 Å². The quantitative estimate of drug-likeness (QED) is 0.865. The van der Waals surface area contributed by atoms with Gasteiger partial charge in [-0.25, -0.2) is 0 Å². The van der Waals surface area contributed by atoms with Crippen LogP contribution in [0.15, 0.2) is 24.3 Å². The Balaban J connectivity index is 1.77. The van der Waals surface area contributed by atoms with Gasteiger partial charge in [-0.1, -0.05) is 25.0 Å². The first-order valence-electron chi connectivity index (χ1n) is 7.87. The number of hydrogen-bond donors (Lipinski definition) is 2. The minimum absolute atomic E-state index is 0.0557. The Morgan fingerprint density at radius 3 is 2.75 bits per heavy atom. The highest BCUT2D eigenvalue weighted by molar-refractivity contribution is 5.57. The first kappa shape index (κ1) is 13.7. The maximum atomic E-state index is 6.16. The van der Waals surface area contributed by atoms with Crippen molar-refractivity contribution in [2.24, 2.45) is 17.6 Å². The maximum Gasteiger partial charge on any atom is 0.141 e. The molecule has 3 nitrogen and oxygen atoms in total. The van der Waals surface area contributed by atoms with Gasteiger partial charge in [0, 0.05) is 12.1 Å². The van der Waals surface area contributed by atoms with Gasteiger partial charge in [0.25, 0.3) is 0 Å². The van der Waals surface area contributed by atoms with Crippen LogP contribution in [0.5, 0.6) is 5.75 Å². The summed E-state index contributed by atoms with van der Waals surface area (Å²) in [5, 5.41) is 3.73. The highest BCUT2D eigenvalue weighted by Gasteiger charge is 2.41. The Labute approximate surface area is 121 Å². The van der Waals surface area contributed by atoms with Gasteiger partial charge in [0.1, 0.15) is 5.75 Å². The molecule has 0 saturated heterocycles. The van der Waals surface area contributed by atoms with E-state index in [2.05, 4.69) is 17.4 Å². The van der Waals surface area contributed by atoms with Crippen molar-refractivity contribution in [1.82, 2.24) is 0 Å². The van der Waals surface area contributed by atoms with Crippen LogP contribution in [0.2, 0.25) is 0 Å². The molecule has 2 saturated carbocycles. The summed E-state index contributed by atoms with van der Waals surface area (Å²) in [5.74, 6) is 2.75.